The van der Waals surface area contributed by atoms with Gasteiger partial charge in [-0.05, 0) is 17.7 Å². The van der Waals surface area contributed by atoms with Crippen LogP contribution in [0.2, 0.25) is 0 Å². The number of phenolic OH excluding ortho intramolecular Hbond substituents is 2. The lowest BCUT2D eigenvalue weighted by Gasteiger charge is -2.01. The Morgan fingerprint density at radius 2 is 1.91 bits per heavy atom. The van der Waals surface area contributed by atoms with Crippen LogP contribution in [-0.4, -0.2) is 27.3 Å². The number of phenols is 2. The first-order valence-electron chi connectivity index (χ1n) is 6.53. The van der Waals surface area contributed by atoms with E-state index in [1.807, 2.05) is 0 Å². The zero-order valence-corrected chi connectivity index (χ0v) is 11.8. The number of hydrogen-bond donors (Lipinski definition) is 3. The summed E-state index contributed by atoms with van der Waals surface area (Å²) in [5, 5.41) is 32.9. The number of nitro benzene ring substituents is 1. The molecule has 8 nitrogen and oxygen atoms in total. The predicted molar refractivity (Wildman–Crippen MR) is 82.3 cm³/mol. The van der Waals surface area contributed by atoms with Crippen molar-refractivity contribution in [3.8, 4) is 11.5 Å². The van der Waals surface area contributed by atoms with Crippen molar-refractivity contribution in [3.05, 3.63) is 63.7 Å². The molecule has 0 aliphatic heterocycles. The molecular formula is C15H13N3O5. The van der Waals surface area contributed by atoms with Crippen LogP contribution in [0.15, 0.2) is 47.6 Å². The van der Waals surface area contributed by atoms with E-state index >= 15 is 0 Å². The second-order valence-electron chi connectivity index (χ2n) is 4.64. The van der Waals surface area contributed by atoms with Gasteiger partial charge in [0, 0.05) is 23.8 Å². The van der Waals surface area contributed by atoms with E-state index in [-0.39, 0.29) is 23.6 Å². The van der Waals surface area contributed by atoms with Crippen molar-refractivity contribution in [2.24, 2.45) is 5.10 Å². The highest BCUT2D eigenvalue weighted by atomic mass is 16.6. The fourth-order valence-corrected chi connectivity index (χ4v) is 1.78. The average molecular weight is 315 g/mol. The molecule has 0 saturated carbocycles. The third-order valence-corrected chi connectivity index (χ3v) is 2.92. The number of nitro groups is 1. The van der Waals surface area contributed by atoms with Gasteiger partial charge in [-0.25, -0.2) is 5.43 Å². The van der Waals surface area contributed by atoms with Gasteiger partial charge in [0.25, 0.3) is 5.69 Å². The topological polar surface area (TPSA) is 125 Å². The highest BCUT2D eigenvalue weighted by Crippen LogP contribution is 2.20. The van der Waals surface area contributed by atoms with Crippen molar-refractivity contribution in [3.63, 3.8) is 0 Å². The Morgan fingerprint density at radius 3 is 2.52 bits per heavy atom. The van der Waals surface area contributed by atoms with E-state index in [0.29, 0.717) is 11.1 Å². The average Bonchev–Trinajstić information content (AvgIpc) is 2.50. The predicted octanol–water partition coefficient (Wildman–Crippen LogP) is 1.70. The first-order chi connectivity index (χ1) is 11.0. The Bertz CT molecular complexity index is 756. The Hall–Kier alpha value is -3.42. The van der Waals surface area contributed by atoms with Crippen LogP contribution in [0.3, 0.4) is 0 Å². The molecule has 2 rings (SSSR count). The molecule has 0 aliphatic rings. The van der Waals surface area contributed by atoms with Gasteiger partial charge >= 0.3 is 0 Å². The van der Waals surface area contributed by atoms with Crippen LogP contribution >= 0.6 is 0 Å². The third kappa shape index (κ3) is 4.53. The Balaban J connectivity index is 1.92. The number of non-ortho nitro benzene ring substituents is 1. The smallest absolute Gasteiger partial charge is 0.269 e. The fourth-order valence-electron chi connectivity index (χ4n) is 1.78. The highest BCUT2D eigenvalue weighted by Gasteiger charge is 2.07. The number of hydrazone groups is 1. The molecule has 118 valence electrons. The second-order valence-corrected chi connectivity index (χ2v) is 4.64. The second kappa shape index (κ2) is 7.03. The molecule has 2 aromatic carbocycles. The molecule has 0 aliphatic carbocycles. The van der Waals surface area contributed by atoms with E-state index in [2.05, 4.69) is 10.5 Å². The van der Waals surface area contributed by atoms with Crippen molar-refractivity contribution in [1.82, 2.24) is 5.43 Å². The molecule has 3 N–H and O–H groups in total. The standard InChI is InChI=1S/C15H13N3O5/c19-13-6-3-11(14(20)8-13)9-16-17-15(21)7-10-1-4-12(5-2-10)18(22)23/h1-6,8-9,19-20H,7H2,(H,17,21). The molecule has 2 aromatic rings. The Labute approximate surface area is 130 Å². The van der Waals surface area contributed by atoms with Crippen molar-refractivity contribution >= 4 is 17.8 Å². The lowest BCUT2D eigenvalue weighted by Crippen LogP contribution is -2.19. The van der Waals surface area contributed by atoms with E-state index < -0.39 is 10.8 Å². The highest BCUT2D eigenvalue weighted by molar-refractivity contribution is 5.85. The molecule has 0 aromatic heterocycles. The molecule has 0 saturated heterocycles. The fraction of sp³-hybridized carbons (Fsp3) is 0.0667. The van der Waals surface area contributed by atoms with Crippen LogP contribution in [0.1, 0.15) is 11.1 Å². The van der Waals surface area contributed by atoms with Crippen molar-refractivity contribution in [2.75, 3.05) is 0 Å². The van der Waals surface area contributed by atoms with Gasteiger partial charge in [0.15, 0.2) is 0 Å². The number of rotatable bonds is 5. The van der Waals surface area contributed by atoms with Gasteiger partial charge in [-0.3, -0.25) is 14.9 Å². The van der Waals surface area contributed by atoms with Crippen molar-refractivity contribution in [2.45, 2.75) is 6.42 Å². The normalized spacial score (nSPS) is 10.6. The monoisotopic (exact) mass is 315 g/mol. The maximum Gasteiger partial charge on any atom is 0.269 e. The summed E-state index contributed by atoms with van der Waals surface area (Å²) in [6.45, 7) is 0. The van der Waals surface area contributed by atoms with Crippen molar-refractivity contribution in [1.29, 1.82) is 0 Å². The van der Waals surface area contributed by atoms with Gasteiger partial charge < -0.3 is 10.2 Å². The SMILES string of the molecule is O=C(Cc1ccc([N+](=O)[O-])cc1)NN=Cc1ccc(O)cc1O. The van der Waals surface area contributed by atoms with Crippen LogP contribution < -0.4 is 5.43 Å². The molecule has 0 unspecified atom stereocenters. The van der Waals surface area contributed by atoms with Crippen molar-refractivity contribution < 1.29 is 19.9 Å². The molecule has 0 radical (unpaired) electrons. The molecular weight excluding hydrogens is 302 g/mol. The van der Waals surface area contributed by atoms with Gasteiger partial charge in [0.2, 0.25) is 5.91 Å². The molecule has 0 atom stereocenters. The number of aromatic hydroxyl groups is 2. The molecule has 0 fully saturated rings. The number of nitrogens with zero attached hydrogens (tertiary/aromatic N) is 2. The van der Waals surface area contributed by atoms with E-state index in [1.165, 1.54) is 42.6 Å². The number of carbonyl (C=O) groups is 1. The first-order valence-corrected chi connectivity index (χ1v) is 6.53. The minimum absolute atomic E-state index is 0.0108. The Kier molecular flexibility index (Phi) is 4.88. The van der Waals surface area contributed by atoms with Crippen LogP contribution in [0.4, 0.5) is 5.69 Å². The quantitative estimate of drug-likeness (QED) is 0.440. The largest absolute Gasteiger partial charge is 0.508 e. The van der Waals surface area contributed by atoms with E-state index in [9.17, 15) is 20.0 Å². The summed E-state index contributed by atoms with van der Waals surface area (Å²) in [7, 11) is 0. The van der Waals surface area contributed by atoms with Gasteiger partial charge in [0.05, 0.1) is 17.6 Å². The molecule has 8 heteroatoms. The summed E-state index contributed by atoms with van der Waals surface area (Å²) in [5.41, 5.74) is 3.17. The van der Waals surface area contributed by atoms with E-state index in [0.717, 1.165) is 6.07 Å². The van der Waals surface area contributed by atoms with Gasteiger partial charge in [-0.15, -0.1) is 0 Å². The summed E-state index contributed by atoms with van der Waals surface area (Å²) in [4.78, 5) is 21.7. The molecule has 1 amide bonds. The maximum absolute atomic E-state index is 11.7. The van der Waals surface area contributed by atoms with Crippen LogP contribution in [0.5, 0.6) is 11.5 Å². The number of carbonyl (C=O) groups excluding carboxylic acids is 1. The van der Waals surface area contributed by atoms with Gasteiger partial charge in [-0.1, -0.05) is 12.1 Å². The lowest BCUT2D eigenvalue weighted by molar-refractivity contribution is -0.384. The zero-order valence-electron chi connectivity index (χ0n) is 11.8. The summed E-state index contributed by atoms with van der Waals surface area (Å²) in [6, 6.07) is 9.59. The number of hydrogen-bond acceptors (Lipinski definition) is 6. The molecule has 0 bridgehead atoms. The minimum Gasteiger partial charge on any atom is -0.508 e. The number of benzene rings is 2. The molecule has 23 heavy (non-hydrogen) atoms. The zero-order chi connectivity index (χ0) is 16.8. The number of amides is 1. The van der Waals surface area contributed by atoms with Crippen LogP contribution in [0.25, 0.3) is 0 Å². The lowest BCUT2D eigenvalue weighted by atomic mass is 10.1. The van der Waals surface area contributed by atoms with Gasteiger partial charge in [-0.2, -0.15) is 5.10 Å². The summed E-state index contributed by atoms with van der Waals surface area (Å²) in [5.74, 6) is -0.659. The van der Waals surface area contributed by atoms with E-state index in [1.54, 1.807) is 0 Å². The minimum atomic E-state index is -0.516. The van der Waals surface area contributed by atoms with E-state index in [4.69, 9.17) is 5.11 Å². The number of nitrogens with one attached hydrogen (secondary N) is 1. The van der Waals surface area contributed by atoms with Crippen LogP contribution in [0, 0.1) is 10.1 Å². The maximum atomic E-state index is 11.7. The molecule has 0 heterocycles. The summed E-state index contributed by atoms with van der Waals surface area (Å²) in [6.07, 6.45) is 1.25. The van der Waals surface area contributed by atoms with Gasteiger partial charge in [0.1, 0.15) is 11.5 Å². The summed E-state index contributed by atoms with van der Waals surface area (Å²) >= 11 is 0. The first kappa shape index (κ1) is 16.0. The third-order valence-electron chi connectivity index (χ3n) is 2.92. The summed E-state index contributed by atoms with van der Waals surface area (Å²) < 4.78 is 0. The Morgan fingerprint density at radius 1 is 1.22 bits per heavy atom. The molecule has 0 spiro atoms. The van der Waals surface area contributed by atoms with Crippen LogP contribution in [-0.2, 0) is 11.2 Å².